The van der Waals surface area contributed by atoms with E-state index >= 15 is 0 Å². The molecule has 5 heteroatoms. The molecule has 102 valence electrons. The van der Waals surface area contributed by atoms with Crippen molar-refractivity contribution in [2.75, 3.05) is 13.2 Å². The van der Waals surface area contributed by atoms with E-state index < -0.39 is 23.3 Å². The van der Waals surface area contributed by atoms with E-state index in [-0.39, 0.29) is 18.1 Å². The molecule has 3 nitrogen and oxygen atoms in total. The fourth-order valence-corrected chi connectivity index (χ4v) is 1.34. The van der Waals surface area contributed by atoms with Crippen LogP contribution < -0.4 is 10.1 Å². The Labute approximate surface area is 111 Å². The Hall–Kier alpha value is -2.09. The average Bonchev–Trinajstić information content (AvgIpc) is 2.34. The summed E-state index contributed by atoms with van der Waals surface area (Å²) in [6, 6.07) is 1.84. The van der Waals surface area contributed by atoms with E-state index in [9.17, 15) is 13.6 Å². The summed E-state index contributed by atoms with van der Waals surface area (Å²) in [5.41, 5.74) is -0.0938. The molecule has 0 aliphatic heterocycles. The highest BCUT2D eigenvalue weighted by Gasteiger charge is 2.16. The first-order valence-electron chi connectivity index (χ1n) is 5.79. The lowest BCUT2D eigenvalue weighted by Crippen LogP contribution is -2.27. The molecule has 0 radical (unpaired) electrons. The molecule has 1 aromatic carbocycles. The highest BCUT2D eigenvalue weighted by molar-refractivity contribution is 5.94. The predicted molar refractivity (Wildman–Crippen MR) is 67.9 cm³/mol. The monoisotopic (exact) mass is 267 g/mol. The molecule has 0 atom stereocenters. The van der Waals surface area contributed by atoms with Gasteiger partial charge in [-0.3, -0.25) is 4.79 Å². The van der Waals surface area contributed by atoms with Crippen LogP contribution in [0.25, 0.3) is 0 Å². The second-order valence-electron chi connectivity index (χ2n) is 4.37. The minimum absolute atomic E-state index is 0.0938. The molecule has 0 saturated carbocycles. The molecule has 1 rings (SSSR count). The summed E-state index contributed by atoms with van der Waals surface area (Å²) in [6.07, 6.45) is 4.94. The molecule has 0 bridgehead atoms. The SMILES string of the molecule is C#CCOc1c(F)cc(C(=O)NCC(C)C)cc1F. The predicted octanol–water partition coefficient (Wildman–Crippen LogP) is 2.36. The maximum Gasteiger partial charge on any atom is 0.251 e. The third-order valence-electron chi connectivity index (χ3n) is 2.23. The molecule has 0 saturated heterocycles. The third kappa shape index (κ3) is 4.25. The first-order chi connectivity index (χ1) is 8.95. The minimum Gasteiger partial charge on any atom is -0.475 e. The number of carbonyl (C=O) groups is 1. The smallest absolute Gasteiger partial charge is 0.251 e. The van der Waals surface area contributed by atoms with Crippen LogP contribution >= 0.6 is 0 Å². The maximum atomic E-state index is 13.6. The third-order valence-corrected chi connectivity index (χ3v) is 2.23. The summed E-state index contributed by atoms with van der Waals surface area (Å²) in [4.78, 5) is 11.7. The normalized spacial score (nSPS) is 10.1. The van der Waals surface area contributed by atoms with Crippen LogP contribution in [0.2, 0.25) is 0 Å². The Morgan fingerprint density at radius 3 is 2.47 bits per heavy atom. The number of carbonyl (C=O) groups excluding carboxylic acids is 1. The zero-order chi connectivity index (χ0) is 14.4. The van der Waals surface area contributed by atoms with E-state index in [0.29, 0.717) is 6.54 Å². The number of terminal acetylenes is 1. The van der Waals surface area contributed by atoms with E-state index in [1.807, 2.05) is 13.8 Å². The number of ether oxygens (including phenoxy) is 1. The van der Waals surface area contributed by atoms with Crippen LogP contribution in [0.4, 0.5) is 8.78 Å². The summed E-state index contributed by atoms with van der Waals surface area (Å²) >= 11 is 0. The van der Waals surface area contributed by atoms with Gasteiger partial charge in [0.15, 0.2) is 17.4 Å². The zero-order valence-electron chi connectivity index (χ0n) is 10.8. The zero-order valence-corrected chi connectivity index (χ0v) is 10.8. The number of amides is 1. The first kappa shape index (κ1) is 15.0. The summed E-state index contributed by atoms with van der Waals surface area (Å²) < 4.78 is 31.9. The highest BCUT2D eigenvalue weighted by Crippen LogP contribution is 2.23. The fraction of sp³-hybridized carbons (Fsp3) is 0.357. The van der Waals surface area contributed by atoms with Crippen molar-refractivity contribution in [3.63, 3.8) is 0 Å². The van der Waals surface area contributed by atoms with Gasteiger partial charge in [0.25, 0.3) is 5.91 Å². The van der Waals surface area contributed by atoms with Crippen LogP contribution in [-0.2, 0) is 0 Å². The standard InChI is InChI=1S/C14H15F2NO2/c1-4-5-19-13-11(15)6-10(7-12(13)16)14(18)17-8-9(2)3/h1,6-7,9H,5,8H2,2-3H3,(H,17,18). The van der Waals surface area contributed by atoms with Crippen molar-refractivity contribution in [1.29, 1.82) is 0 Å². The molecule has 1 aromatic rings. The van der Waals surface area contributed by atoms with Gasteiger partial charge in [-0.05, 0) is 18.1 Å². The van der Waals surface area contributed by atoms with E-state index in [0.717, 1.165) is 12.1 Å². The first-order valence-corrected chi connectivity index (χ1v) is 5.79. The van der Waals surface area contributed by atoms with Crippen molar-refractivity contribution in [3.05, 3.63) is 29.3 Å². The summed E-state index contributed by atoms with van der Waals surface area (Å²) in [6.45, 7) is 4.01. The van der Waals surface area contributed by atoms with Gasteiger partial charge in [-0.15, -0.1) is 6.42 Å². The molecule has 0 unspecified atom stereocenters. The Bertz CT molecular complexity index is 484. The van der Waals surface area contributed by atoms with Crippen LogP contribution in [0.1, 0.15) is 24.2 Å². The van der Waals surface area contributed by atoms with Gasteiger partial charge in [-0.2, -0.15) is 0 Å². The molecule has 0 heterocycles. The summed E-state index contributed by atoms with van der Waals surface area (Å²) in [5.74, 6) is -0.658. The molecular weight excluding hydrogens is 252 g/mol. The lowest BCUT2D eigenvalue weighted by Gasteiger charge is -2.10. The van der Waals surface area contributed by atoms with Gasteiger partial charge < -0.3 is 10.1 Å². The molecule has 1 N–H and O–H groups in total. The topological polar surface area (TPSA) is 38.3 Å². The van der Waals surface area contributed by atoms with Gasteiger partial charge in [0, 0.05) is 12.1 Å². The molecule has 1 amide bonds. The summed E-state index contributed by atoms with van der Waals surface area (Å²) in [5, 5.41) is 2.57. The minimum atomic E-state index is -0.954. The van der Waals surface area contributed by atoms with Crippen LogP contribution in [0.15, 0.2) is 12.1 Å². The Kier molecular flexibility index (Phi) is 5.31. The molecule has 0 aliphatic rings. The second-order valence-corrected chi connectivity index (χ2v) is 4.37. The van der Waals surface area contributed by atoms with Crippen molar-refractivity contribution in [3.8, 4) is 18.1 Å². The Morgan fingerprint density at radius 1 is 1.42 bits per heavy atom. The maximum absolute atomic E-state index is 13.6. The van der Waals surface area contributed by atoms with Gasteiger partial charge >= 0.3 is 0 Å². The van der Waals surface area contributed by atoms with Gasteiger partial charge in [0.2, 0.25) is 0 Å². The van der Waals surface area contributed by atoms with Crippen LogP contribution in [0.5, 0.6) is 5.75 Å². The number of rotatable bonds is 5. The molecule has 0 fully saturated rings. The molecule has 0 aromatic heterocycles. The number of hydrogen-bond donors (Lipinski definition) is 1. The number of benzene rings is 1. The number of halogens is 2. The Balaban J connectivity index is 2.88. The number of hydrogen-bond acceptors (Lipinski definition) is 2. The van der Waals surface area contributed by atoms with E-state index in [1.165, 1.54) is 0 Å². The van der Waals surface area contributed by atoms with Gasteiger partial charge in [0.05, 0.1) is 0 Å². The average molecular weight is 267 g/mol. The molecule has 19 heavy (non-hydrogen) atoms. The van der Waals surface area contributed by atoms with Crippen molar-refractivity contribution in [1.82, 2.24) is 5.32 Å². The second kappa shape index (κ2) is 6.74. The van der Waals surface area contributed by atoms with Crippen LogP contribution in [-0.4, -0.2) is 19.1 Å². The summed E-state index contributed by atoms with van der Waals surface area (Å²) in [7, 11) is 0. The van der Waals surface area contributed by atoms with Crippen molar-refractivity contribution in [2.45, 2.75) is 13.8 Å². The van der Waals surface area contributed by atoms with Crippen molar-refractivity contribution >= 4 is 5.91 Å². The van der Waals surface area contributed by atoms with Crippen molar-refractivity contribution < 1.29 is 18.3 Å². The molecular formula is C14H15F2NO2. The fourth-order valence-electron chi connectivity index (χ4n) is 1.34. The lowest BCUT2D eigenvalue weighted by molar-refractivity contribution is 0.0948. The lowest BCUT2D eigenvalue weighted by atomic mass is 10.1. The van der Waals surface area contributed by atoms with E-state index in [4.69, 9.17) is 11.2 Å². The van der Waals surface area contributed by atoms with E-state index in [2.05, 4.69) is 11.2 Å². The highest BCUT2D eigenvalue weighted by atomic mass is 19.1. The Morgan fingerprint density at radius 2 is 2.00 bits per heavy atom. The van der Waals surface area contributed by atoms with Gasteiger partial charge in [-0.25, -0.2) is 8.78 Å². The largest absolute Gasteiger partial charge is 0.475 e. The molecule has 0 spiro atoms. The van der Waals surface area contributed by atoms with Crippen LogP contribution in [0.3, 0.4) is 0 Å². The molecule has 0 aliphatic carbocycles. The van der Waals surface area contributed by atoms with Crippen molar-refractivity contribution in [2.24, 2.45) is 5.92 Å². The van der Waals surface area contributed by atoms with Gasteiger partial charge in [-0.1, -0.05) is 19.8 Å². The van der Waals surface area contributed by atoms with E-state index in [1.54, 1.807) is 0 Å². The number of nitrogens with one attached hydrogen (secondary N) is 1. The van der Waals surface area contributed by atoms with Gasteiger partial charge in [0.1, 0.15) is 6.61 Å². The quantitative estimate of drug-likeness (QED) is 0.832. The van der Waals surface area contributed by atoms with Crippen LogP contribution in [0, 0.1) is 29.9 Å².